The van der Waals surface area contributed by atoms with Crippen molar-refractivity contribution in [1.29, 1.82) is 0 Å². The van der Waals surface area contributed by atoms with Crippen LogP contribution in [0.25, 0.3) is 0 Å². The molecule has 156 valence electrons. The molecule has 0 atom stereocenters. The molecule has 0 spiro atoms. The molecular formula is C17H18ClF3N6O2. The predicted molar refractivity (Wildman–Crippen MR) is 101 cm³/mol. The van der Waals surface area contributed by atoms with E-state index in [1.54, 1.807) is 0 Å². The average Bonchev–Trinajstić information content (AvgIpc) is 2.91. The Morgan fingerprint density at radius 1 is 1.07 bits per heavy atom. The van der Waals surface area contributed by atoms with Gasteiger partial charge in [-0.15, -0.1) is 0 Å². The van der Waals surface area contributed by atoms with E-state index in [9.17, 15) is 23.3 Å². The van der Waals surface area contributed by atoms with Gasteiger partial charge in [-0.3, -0.25) is 10.1 Å². The summed E-state index contributed by atoms with van der Waals surface area (Å²) in [5, 5.41) is 17.0. The molecule has 1 saturated carbocycles. The van der Waals surface area contributed by atoms with Gasteiger partial charge in [-0.05, 0) is 18.9 Å². The average molecular weight is 431 g/mol. The lowest BCUT2D eigenvalue weighted by molar-refractivity contribution is -0.383. The van der Waals surface area contributed by atoms with Gasteiger partial charge in [0.2, 0.25) is 11.6 Å². The van der Waals surface area contributed by atoms with Crippen molar-refractivity contribution in [2.75, 3.05) is 10.6 Å². The Bertz CT molecular complexity index is 888. The molecule has 0 aromatic carbocycles. The monoisotopic (exact) mass is 430 g/mol. The van der Waals surface area contributed by atoms with Gasteiger partial charge in [0.25, 0.3) is 0 Å². The second kappa shape index (κ2) is 8.76. The number of hydrogen-bond acceptors (Lipinski definition) is 7. The summed E-state index contributed by atoms with van der Waals surface area (Å²) in [6.07, 6.45) is 3.14. The maximum absolute atomic E-state index is 12.8. The summed E-state index contributed by atoms with van der Waals surface area (Å²) in [4.78, 5) is 22.5. The van der Waals surface area contributed by atoms with Gasteiger partial charge in [-0.2, -0.15) is 13.2 Å². The van der Waals surface area contributed by atoms with Gasteiger partial charge in [-0.1, -0.05) is 37.3 Å². The minimum atomic E-state index is -4.61. The highest BCUT2D eigenvalue weighted by Crippen LogP contribution is 2.36. The summed E-state index contributed by atoms with van der Waals surface area (Å²) in [7, 11) is 0. The van der Waals surface area contributed by atoms with E-state index in [2.05, 4.69) is 25.6 Å². The van der Waals surface area contributed by atoms with Gasteiger partial charge in [-0.25, -0.2) is 15.0 Å². The van der Waals surface area contributed by atoms with E-state index in [4.69, 9.17) is 11.6 Å². The maximum Gasteiger partial charge on any atom is 0.417 e. The fourth-order valence-electron chi connectivity index (χ4n) is 3.16. The van der Waals surface area contributed by atoms with Crippen molar-refractivity contribution in [2.24, 2.45) is 0 Å². The van der Waals surface area contributed by atoms with Crippen LogP contribution in [0.3, 0.4) is 0 Å². The number of halogens is 4. The molecule has 0 amide bonds. The van der Waals surface area contributed by atoms with Gasteiger partial charge in [0.05, 0.1) is 15.5 Å². The lowest BCUT2D eigenvalue weighted by Gasteiger charge is -2.17. The molecule has 1 aliphatic rings. The van der Waals surface area contributed by atoms with Crippen LogP contribution < -0.4 is 10.6 Å². The van der Waals surface area contributed by atoms with Crippen molar-refractivity contribution >= 4 is 34.7 Å². The minimum absolute atomic E-state index is 0.0439. The molecule has 2 heterocycles. The number of nitrogens with one attached hydrogen (secondary N) is 2. The molecule has 1 fully saturated rings. The number of aromatic nitrogens is 3. The number of rotatable bonds is 5. The van der Waals surface area contributed by atoms with E-state index in [1.807, 2.05) is 0 Å². The number of nitro groups is 1. The van der Waals surface area contributed by atoms with Crippen molar-refractivity contribution in [2.45, 2.75) is 50.7 Å². The van der Waals surface area contributed by atoms with Crippen LogP contribution >= 0.6 is 11.6 Å². The first-order valence-corrected chi connectivity index (χ1v) is 9.39. The third kappa shape index (κ3) is 5.22. The van der Waals surface area contributed by atoms with E-state index in [1.165, 1.54) is 0 Å². The highest BCUT2D eigenvalue weighted by molar-refractivity contribution is 6.33. The molecule has 0 bridgehead atoms. The maximum atomic E-state index is 12.8. The molecule has 8 nitrogen and oxygen atoms in total. The molecule has 0 aliphatic heterocycles. The lowest BCUT2D eigenvalue weighted by atomic mass is 10.1. The van der Waals surface area contributed by atoms with E-state index in [0.717, 1.165) is 44.9 Å². The first kappa shape index (κ1) is 21.0. The van der Waals surface area contributed by atoms with E-state index in [-0.39, 0.29) is 28.5 Å². The summed E-state index contributed by atoms with van der Waals surface area (Å²) >= 11 is 5.88. The van der Waals surface area contributed by atoms with E-state index >= 15 is 0 Å². The van der Waals surface area contributed by atoms with Gasteiger partial charge < -0.3 is 10.6 Å². The Hall–Kier alpha value is -2.69. The Morgan fingerprint density at radius 3 is 2.31 bits per heavy atom. The van der Waals surface area contributed by atoms with Crippen molar-refractivity contribution in [1.82, 2.24) is 15.0 Å². The van der Waals surface area contributed by atoms with E-state index in [0.29, 0.717) is 12.3 Å². The standard InChI is InChI=1S/C17H18ClF3N6O2/c18-12-7-10(17(19,20)21)8-22-14(12)26-16-13(27(28)29)15(23-9-24-16)25-11-5-3-1-2-4-6-11/h7-9,11H,1-6H2,(H2,22,23,24,25,26). The quantitative estimate of drug-likeness (QED) is 0.375. The first-order chi connectivity index (χ1) is 13.8. The van der Waals surface area contributed by atoms with Crippen molar-refractivity contribution in [3.8, 4) is 0 Å². The fourth-order valence-corrected chi connectivity index (χ4v) is 3.38. The molecule has 1 aliphatic carbocycles. The van der Waals surface area contributed by atoms with Gasteiger partial charge in [0.15, 0.2) is 5.82 Å². The largest absolute Gasteiger partial charge is 0.417 e. The Balaban J connectivity index is 1.88. The zero-order valence-corrected chi connectivity index (χ0v) is 15.9. The van der Waals surface area contributed by atoms with Crippen LogP contribution in [0.4, 0.5) is 36.3 Å². The van der Waals surface area contributed by atoms with Crippen LogP contribution in [0.5, 0.6) is 0 Å². The zero-order valence-electron chi connectivity index (χ0n) is 15.2. The van der Waals surface area contributed by atoms with Crippen LogP contribution in [-0.4, -0.2) is 25.9 Å². The molecule has 2 aromatic heterocycles. The van der Waals surface area contributed by atoms with Crippen LogP contribution in [0, 0.1) is 10.1 Å². The van der Waals surface area contributed by atoms with Crippen LogP contribution in [-0.2, 0) is 6.18 Å². The molecule has 3 rings (SSSR count). The SMILES string of the molecule is O=[N+]([O-])c1c(Nc2ncc(C(F)(F)F)cc2Cl)ncnc1NC1CCCCCC1. The van der Waals surface area contributed by atoms with Crippen LogP contribution in [0.2, 0.25) is 5.02 Å². The van der Waals surface area contributed by atoms with Gasteiger partial charge >= 0.3 is 11.9 Å². The summed E-state index contributed by atoms with van der Waals surface area (Å²) in [5.74, 6) is -0.348. The Morgan fingerprint density at radius 2 is 1.72 bits per heavy atom. The highest BCUT2D eigenvalue weighted by Gasteiger charge is 2.32. The van der Waals surface area contributed by atoms with Gasteiger partial charge in [0.1, 0.15) is 6.33 Å². The molecule has 2 N–H and O–H groups in total. The molecule has 0 unspecified atom stereocenters. The number of anilines is 3. The molecule has 2 aromatic rings. The van der Waals surface area contributed by atoms with Crippen LogP contribution in [0.15, 0.2) is 18.6 Å². The Labute approximate surface area is 169 Å². The molecule has 0 saturated heterocycles. The summed E-state index contributed by atoms with van der Waals surface area (Å²) in [5.41, 5.74) is -1.45. The summed E-state index contributed by atoms with van der Waals surface area (Å²) < 4.78 is 38.3. The fraction of sp³-hybridized carbons (Fsp3) is 0.471. The number of nitrogens with zero attached hydrogens (tertiary/aromatic N) is 4. The minimum Gasteiger partial charge on any atom is -0.361 e. The normalized spacial score (nSPS) is 15.6. The second-order valence-electron chi connectivity index (χ2n) is 6.69. The molecular weight excluding hydrogens is 413 g/mol. The third-order valence-electron chi connectivity index (χ3n) is 4.61. The predicted octanol–water partition coefficient (Wildman–Crippen LogP) is 5.33. The Kier molecular flexibility index (Phi) is 6.36. The summed E-state index contributed by atoms with van der Waals surface area (Å²) in [6.45, 7) is 0. The molecule has 12 heteroatoms. The first-order valence-electron chi connectivity index (χ1n) is 9.01. The van der Waals surface area contributed by atoms with Crippen molar-refractivity contribution in [3.63, 3.8) is 0 Å². The molecule has 29 heavy (non-hydrogen) atoms. The van der Waals surface area contributed by atoms with Crippen molar-refractivity contribution < 1.29 is 18.1 Å². The highest BCUT2D eigenvalue weighted by atomic mass is 35.5. The van der Waals surface area contributed by atoms with E-state index < -0.39 is 22.4 Å². The third-order valence-corrected chi connectivity index (χ3v) is 4.89. The van der Waals surface area contributed by atoms with Gasteiger partial charge in [0, 0.05) is 12.2 Å². The lowest BCUT2D eigenvalue weighted by Crippen LogP contribution is -2.20. The molecule has 0 radical (unpaired) electrons. The number of pyridine rings is 1. The number of hydrogen-bond donors (Lipinski definition) is 2. The zero-order chi connectivity index (χ0) is 21.0. The van der Waals surface area contributed by atoms with Crippen LogP contribution in [0.1, 0.15) is 44.1 Å². The van der Waals surface area contributed by atoms with Crippen molar-refractivity contribution in [3.05, 3.63) is 39.3 Å². The second-order valence-corrected chi connectivity index (χ2v) is 7.09. The number of alkyl halides is 3. The summed E-state index contributed by atoms with van der Waals surface area (Å²) in [6, 6.07) is 0.737. The topological polar surface area (TPSA) is 106 Å². The smallest absolute Gasteiger partial charge is 0.361 e.